The molecule has 5 rings (SSSR count). The third kappa shape index (κ3) is 4.26. The van der Waals surface area contributed by atoms with Crippen LogP contribution in [0.25, 0.3) is 33.8 Å². The van der Waals surface area contributed by atoms with Crippen LogP contribution in [0.1, 0.15) is 69.2 Å². The molecule has 192 valence electrons. The number of carbonyl (C=O) groups excluding carboxylic acids is 1. The van der Waals surface area contributed by atoms with E-state index in [-0.39, 0.29) is 17.2 Å². The molecule has 1 fully saturated rings. The molecule has 1 saturated heterocycles. The van der Waals surface area contributed by atoms with E-state index in [0.29, 0.717) is 5.82 Å². The Morgan fingerprint density at radius 2 is 1.92 bits per heavy atom. The van der Waals surface area contributed by atoms with Gasteiger partial charge in [0, 0.05) is 52.7 Å². The van der Waals surface area contributed by atoms with Crippen LogP contribution in [0, 0.1) is 12.3 Å². The number of benzene rings is 1. The molecule has 2 N–H and O–H groups in total. The number of piperidine rings is 1. The first-order valence-electron chi connectivity index (χ1n) is 13.2. The lowest BCUT2D eigenvalue weighted by atomic mass is 9.82. The van der Waals surface area contributed by atoms with Crippen molar-refractivity contribution in [2.24, 2.45) is 5.41 Å². The van der Waals surface area contributed by atoms with Gasteiger partial charge in [0.25, 0.3) is 0 Å². The van der Waals surface area contributed by atoms with Crippen molar-refractivity contribution in [2.45, 2.75) is 59.3 Å². The van der Waals surface area contributed by atoms with E-state index in [4.69, 9.17) is 10.7 Å². The molecule has 1 aliphatic heterocycles. The van der Waals surface area contributed by atoms with Crippen LogP contribution in [-0.2, 0) is 4.79 Å². The number of carbonyl (C=O) groups is 1. The average Bonchev–Trinajstić information content (AvgIpc) is 3.36. The van der Waals surface area contributed by atoms with E-state index in [0.717, 1.165) is 77.7 Å². The molecule has 0 atom stereocenters. The number of rotatable bonds is 6. The van der Waals surface area contributed by atoms with Gasteiger partial charge in [0.1, 0.15) is 5.82 Å². The molecular weight excluding hydrogens is 460 g/mol. The van der Waals surface area contributed by atoms with Crippen molar-refractivity contribution in [3.05, 3.63) is 60.1 Å². The number of aryl methyl sites for hydroxylation is 1. The third-order valence-electron chi connectivity index (χ3n) is 8.35. The van der Waals surface area contributed by atoms with Gasteiger partial charge in [0.2, 0.25) is 5.91 Å². The van der Waals surface area contributed by atoms with Gasteiger partial charge in [-0.3, -0.25) is 9.78 Å². The maximum atomic E-state index is 13.2. The van der Waals surface area contributed by atoms with Gasteiger partial charge >= 0.3 is 0 Å². The largest absolute Gasteiger partial charge is 0.383 e. The zero-order chi connectivity index (χ0) is 26.3. The van der Waals surface area contributed by atoms with Gasteiger partial charge in [-0.2, -0.15) is 9.61 Å². The highest BCUT2D eigenvalue weighted by atomic mass is 16.2. The van der Waals surface area contributed by atoms with Crippen molar-refractivity contribution >= 4 is 34.4 Å². The highest BCUT2D eigenvalue weighted by molar-refractivity contribution is 5.88. The topological polar surface area (TPSA) is 89.4 Å². The minimum Gasteiger partial charge on any atom is -0.383 e. The summed E-state index contributed by atoms with van der Waals surface area (Å²) in [6.07, 6.45) is 8.86. The number of likely N-dealkylation sites (tertiary alicyclic amines) is 1. The van der Waals surface area contributed by atoms with E-state index in [2.05, 4.69) is 62.6 Å². The maximum absolute atomic E-state index is 13.2. The van der Waals surface area contributed by atoms with Crippen LogP contribution in [-0.4, -0.2) is 43.5 Å². The predicted octanol–water partition coefficient (Wildman–Crippen LogP) is 6.01. The molecule has 4 heterocycles. The molecule has 7 heteroatoms. The normalized spacial score (nSPS) is 15.0. The monoisotopic (exact) mass is 496 g/mol. The summed E-state index contributed by atoms with van der Waals surface area (Å²) in [7, 11) is 0. The molecule has 0 spiro atoms. The molecular formula is C30H36N6O. The van der Waals surface area contributed by atoms with E-state index in [1.54, 1.807) is 10.6 Å². The number of hydrogen-bond donors (Lipinski definition) is 1. The molecule has 4 aromatic rings. The molecule has 1 aliphatic rings. The second-order valence-corrected chi connectivity index (χ2v) is 10.5. The molecule has 0 bridgehead atoms. The summed E-state index contributed by atoms with van der Waals surface area (Å²) in [5.74, 6) is 0.993. The van der Waals surface area contributed by atoms with Crippen molar-refractivity contribution in [3.8, 4) is 11.1 Å². The number of hydrogen-bond acceptors (Lipinski definition) is 5. The average molecular weight is 497 g/mol. The van der Waals surface area contributed by atoms with Crippen LogP contribution in [0.4, 0.5) is 5.82 Å². The van der Waals surface area contributed by atoms with Gasteiger partial charge in [0.15, 0.2) is 5.65 Å². The second kappa shape index (κ2) is 9.61. The highest BCUT2D eigenvalue weighted by Crippen LogP contribution is 2.37. The van der Waals surface area contributed by atoms with Crippen LogP contribution >= 0.6 is 0 Å². The van der Waals surface area contributed by atoms with Crippen LogP contribution in [0.15, 0.2) is 43.2 Å². The molecule has 0 unspecified atom stereocenters. The zero-order valence-electron chi connectivity index (χ0n) is 22.3. The fourth-order valence-electron chi connectivity index (χ4n) is 5.46. The summed E-state index contributed by atoms with van der Waals surface area (Å²) in [5, 5.41) is 5.65. The van der Waals surface area contributed by atoms with Crippen molar-refractivity contribution < 1.29 is 4.79 Å². The number of fused-ring (bicyclic) bond motifs is 2. The van der Waals surface area contributed by atoms with Crippen LogP contribution < -0.4 is 5.73 Å². The summed E-state index contributed by atoms with van der Waals surface area (Å²) in [6.45, 7) is 13.8. The summed E-state index contributed by atoms with van der Waals surface area (Å²) in [4.78, 5) is 25.0. The van der Waals surface area contributed by atoms with Crippen molar-refractivity contribution in [1.82, 2.24) is 24.5 Å². The van der Waals surface area contributed by atoms with E-state index in [1.807, 2.05) is 23.4 Å². The zero-order valence-corrected chi connectivity index (χ0v) is 22.3. The number of nitrogens with two attached hydrogens (primary N) is 1. The Bertz CT molecular complexity index is 1490. The van der Waals surface area contributed by atoms with Crippen LogP contribution in [0.5, 0.6) is 0 Å². The quantitative estimate of drug-likeness (QED) is 0.353. The second-order valence-electron chi connectivity index (χ2n) is 10.5. The summed E-state index contributed by atoms with van der Waals surface area (Å²) in [5.41, 5.74) is 12.8. The number of nitrogen functional groups attached to an aromatic ring is 1. The Morgan fingerprint density at radius 3 is 2.59 bits per heavy atom. The third-order valence-corrected chi connectivity index (χ3v) is 8.35. The Hall–Kier alpha value is -3.74. The lowest BCUT2D eigenvalue weighted by Gasteiger charge is -2.38. The van der Waals surface area contributed by atoms with Crippen molar-refractivity contribution in [2.75, 3.05) is 18.8 Å². The Morgan fingerprint density at radius 1 is 1.19 bits per heavy atom. The number of aromatic nitrogens is 4. The minimum atomic E-state index is -0.292. The van der Waals surface area contributed by atoms with Gasteiger partial charge in [0.05, 0.1) is 17.4 Å². The minimum absolute atomic E-state index is 0.194. The Kier molecular flexibility index (Phi) is 6.48. The van der Waals surface area contributed by atoms with E-state index < -0.39 is 0 Å². The van der Waals surface area contributed by atoms with Gasteiger partial charge in [-0.15, -0.1) is 0 Å². The van der Waals surface area contributed by atoms with Crippen LogP contribution in [0.2, 0.25) is 0 Å². The van der Waals surface area contributed by atoms with Gasteiger partial charge in [-0.05, 0) is 50.8 Å². The maximum Gasteiger partial charge on any atom is 0.228 e. The number of nitrogens with zero attached hydrogens (tertiary/aromatic N) is 5. The predicted molar refractivity (Wildman–Crippen MR) is 150 cm³/mol. The van der Waals surface area contributed by atoms with Gasteiger partial charge in [-0.25, -0.2) is 4.98 Å². The fraction of sp³-hybridized carbons (Fsp3) is 0.400. The first kappa shape index (κ1) is 24.9. The highest BCUT2D eigenvalue weighted by Gasteiger charge is 2.36. The van der Waals surface area contributed by atoms with E-state index in [1.165, 1.54) is 5.56 Å². The smallest absolute Gasteiger partial charge is 0.228 e. The first-order chi connectivity index (χ1) is 17.8. The number of anilines is 1. The Balaban J connectivity index is 1.50. The SMILES string of the molecule is C=Cc1c(C2CCN(C(=O)C(C)(CC)CC)CC2)nc2c(-c3cnc4ccc(C)cc4c3)cnn2c1N. The molecule has 0 aliphatic carbocycles. The van der Waals surface area contributed by atoms with Crippen molar-refractivity contribution in [1.29, 1.82) is 0 Å². The molecule has 7 nitrogen and oxygen atoms in total. The van der Waals surface area contributed by atoms with Crippen LogP contribution in [0.3, 0.4) is 0 Å². The van der Waals surface area contributed by atoms with E-state index in [9.17, 15) is 4.79 Å². The standard InChI is InChI=1S/C30H36N6O/c1-6-23-26(20-11-13-35(14-12-20)29(37)30(5,7-2)8-3)34-28-24(18-33-36(28)27(23)31)22-16-21-15-19(4)9-10-25(21)32-17-22/h6,9-10,15-18,20H,1,7-8,11-14,31H2,2-5H3. The molecule has 1 amide bonds. The van der Waals surface area contributed by atoms with E-state index >= 15 is 0 Å². The lowest BCUT2D eigenvalue weighted by molar-refractivity contribution is -0.142. The lowest BCUT2D eigenvalue weighted by Crippen LogP contribution is -2.45. The Labute approximate surface area is 218 Å². The molecule has 1 aromatic carbocycles. The number of pyridine rings is 1. The summed E-state index contributed by atoms with van der Waals surface area (Å²) >= 11 is 0. The summed E-state index contributed by atoms with van der Waals surface area (Å²) in [6, 6.07) is 8.38. The molecule has 0 radical (unpaired) electrons. The number of amides is 1. The van der Waals surface area contributed by atoms with Crippen molar-refractivity contribution in [3.63, 3.8) is 0 Å². The van der Waals surface area contributed by atoms with Gasteiger partial charge < -0.3 is 10.6 Å². The molecule has 37 heavy (non-hydrogen) atoms. The molecule has 0 saturated carbocycles. The molecule has 3 aromatic heterocycles. The summed E-state index contributed by atoms with van der Waals surface area (Å²) < 4.78 is 1.70. The van der Waals surface area contributed by atoms with Gasteiger partial charge in [-0.1, -0.05) is 45.1 Å². The fourth-order valence-corrected chi connectivity index (χ4v) is 5.46. The first-order valence-corrected chi connectivity index (χ1v) is 13.2.